The molecule has 3 nitrogen and oxygen atoms in total. The highest BCUT2D eigenvalue weighted by molar-refractivity contribution is 7.63. The quantitative estimate of drug-likeness (QED) is 0.162. The lowest BCUT2D eigenvalue weighted by Gasteiger charge is -2.25. The highest BCUT2D eigenvalue weighted by atomic mass is 31.2. The van der Waals surface area contributed by atoms with Gasteiger partial charge in [-0.2, -0.15) is 0 Å². The monoisotopic (exact) mass is 534 g/mol. The molecule has 0 spiro atoms. The van der Waals surface area contributed by atoms with E-state index in [4.69, 9.17) is 9.05 Å². The lowest BCUT2D eigenvalue weighted by molar-refractivity contribution is 0.394. The Labute approximate surface area is 231 Å². The summed E-state index contributed by atoms with van der Waals surface area (Å²) >= 11 is 0. The number of unbranched alkanes of at least 4 members (excludes halogenated alkanes) is 4. The molecule has 0 amide bonds. The topological polar surface area (TPSA) is 35.5 Å². The van der Waals surface area contributed by atoms with Crippen LogP contribution in [0.15, 0.2) is 66.7 Å². The normalized spacial score (nSPS) is 11.5. The Morgan fingerprint density at radius 3 is 1.37 bits per heavy atom. The fourth-order valence-corrected chi connectivity index (χ4v) is 6.51. The van der Waals surface area contributed by atoms with E-state index in [9.17, 15) is 4.57 Å². The van der Waals surface area contributed by atoms with Crippen LogP contribution >= 0.6 is 7.60 Å². The van der Waals surface area contributed by atoms with Crippen LogP contribution in [0.1, 0.15) is 101 Å². The molecule has 0 radical (unpaired) electrons. The minimum atomic E-state index is -3.73. The van der Waals surface area contributed by atoms with Crippen molar-refractivity contribution >= 4 is 12.9 Å². The van der Waals surface area contributed by atoms with Gasteiger partial charge in [-0.1, -0.05) is 95.8 Å². The molecule has 3 aromatic rings. The highest BCUT2D eigenvalue weighted by Gasteiger charge is 2.33. The average Bonchev–Trinajstić information content (AvgIpc) is 2.94. The van der Waals surface area contributed by atoms with Crippen LogP contribution < -0.4 is 14.4 Å². The van der Waals surface area contributed by atoms with Crippen molar-refractivity contribution in [2.75, 3.05) is 0 Å². The number of benzene rings is 3. The molecular formula is C34H47O3P. The summed E-state index contributed by atoms with van der Waals surface area (Å²) in [6.07, 6.45) is 12.7. The number of aryl methyl sites for hydroxylation is 2. The first-order chi connectivity index (χ1) is 18.6. The van der Waals surface area contributed by atoms with E-state index >= 15 is 0 Å². The summed E-state index contributed by atoms with van der Waals surface area (Å²) in [5, 5.41) is 0.584. The van der Waals surface area contributed by atoms with Crippen LogP contribution in [0, 0.1) is 0 Å². The summed E-state index contributed by atoms with van der Waals surface area (Å²) in [4.78, 5) is 0. The van der Waals surface area contributed by atoms with E-state index in [0.717, 1.165) is 77.0 Å². The zero-order chi connectivity index (χ0) is 27.2. The molecule has 4 heteroatoms. The van der Waals surface area contributed by atoms with Crippen LogP contribution in [-0.2, 0) is 30.2 Å². The Morgan fingerprint density at radius 2 is 0.947 bits per heavy atom. The summed E-state index contributed by atoms with van der Waals surface area (Å²) in [6.45, 7) is 8.84. The average molecular weight is 535 g/mol. The molecule has 0 saturated carbocycles. The Hall–Kier alpha value is -2.51. The minimum Gasteiger partial charge on any atom is -0.413 e. The molecule has 206 valence electrons. The van der Waals surface area contributed by atoms with Gasteiger partial charge in [0.25, 0.3) is 0 Å². The maximum absolute atomic E-state index is 14.8. The summed E-state index contributed by atoms with van der Waals surface area (Å²) < 4.78 is 27.9. The van der Waals surface area contributed by atoms with Gasteiger partial charge in [0, 0.05) is 0 Å². The Balaban J connectivity index is 2.07. The molecule has 0 unspecified atom stereocenters. The Morgan fingerprint density at radius 1 is 0.526 bits per heavy atom. The van der Waals surface area contributed by atoms with Gasteiger partial charge < -0.3 is 9.05 Å². The van der Waals surface area contributed by atoms with Gasteiger partial charge in [0.15, 0.2) is 0 Å². The molecular weight excluding hydrogens is 487 g/mol. The van der Waals surface area contributed by atoms with Crippen LogP contribution in [0.5, 0.6) is 11.5 Å². The van der Waals surface area contributed by atoms with Gasteiger partial charge in [0.05, 0.1) is 5.30 Å². The molecule has 0 aliphatic carbocycles. The third kappa shape index (κ3) is 8.24. The largest absolute Gasteiger partial charge is 0.462 e. The predicted molar refractivity (Wildman–Crippen MR) is 162 cm³/mol. The highest BCUT2D eigenvalue weighted by Crippen LogP contribution is 2.50. The van der Waals surface area contributed by atoms with E-state index in [1.807, 2.05) is 54.6 Å². The molecule has 0 saturated heterocycles. The van der Waals surface area contributed by atoms with Gasteiger partial charge in [-0.3, -0.25) is 0 Å². The first kappa shape index (κ1) is 30.0. The van der Waals surface area contributed by atoms with E-state index in [-0.39, 0.29) is 0 Å². The Bertz CT molecular complexity index is 1090. The van der Waals surface area contributed by atoms with Crippen molar-refractivity contribution in [3.8, 4) is 11.5 Å². The second-order valence-corrected chi connectivity index (χ2v) is 12.1. The van der Waals surface area contributed by atoms with Crippen molar-refractivity contribution in [1.82, 2.24) is 0 Å². The summed E-state index contributed by atoms with van der Waals surface area (Å²) in [6, 6.07) is 21.9. The van der Waals surface area contributed by atoms with Crippen LogP contribution in [0.25, 0.3) is 0 Å². The van der Waals surface area contributed by atoms with Crippen molar-refractivity contribution in [3.63, 3.8) is 0 Å². The third-order valence-corrected chi connectivity index (χ3v) is 8.93. The van der Waals surface area contributed by atoms with Gasteiger partial charge >= 0.3 is 7.60 Å². The standard InChI is InChI=1S/C34H47O3P/c1-5-9-18-28-20-16-26-33(31(28)24-11-7-3)36-38(35,30-22-14-13-15-23-30)37-34-27-17-21-29(19-10-6-2)32(34)25-12-8-4/h13-17,20-23,26-27H,5-12,18-19,24-25H2,1-4H3. The van der Waals surface area contributed by atoms with E-state index in [2.05, 4.69) is 39.8 Å². The second kappa shape index (κ2) is 15.8. The van der Waals surface area contributed by atoms with Crippen molar-refractivity contribution in [3.05, 3.63) is 89.0 Å². The molecule has 38 heavy (non-hydrogen) atoms. The van der Waals surface area contributed by atoms with Crippen molar-refractivity contribution in [2.24, 2.45) is 0 Å². The molecule has 0 bridgehead atoms. The van der Waals surface area contributed by atoms with Crippen LogP contribution in [0.4, 0.5) is 0 Å². The summed E-state index contributed by atoms with van der Waals surface area (Å²) in [5.41, 5.74) is 4.93. The smallest absolute Gasteiger partial charge is 0.413 e. The van der Waals surface area contributed by atoms with E-state index in [1.54, 1.807) is 0 Å². The van der Waals surface area contributed by atoms with Gasteiger partial charge in [0.2, 0.25) is 0 Å². The first-order valence-corrected chi connectivity index (χ1v) is 16.4. The second-order valence-electron chi connectivity index (χ2n) is 10.2. The van der Waals surface area contributed by atoms with Crippen molar-refractivity contribution in [1.29, 1.82) is 0 Å². The van der Waals surface area contributed by atoms with Crippen LogP contribution in [-0.4, -0.2) is 0 Å². The van der Waals surface area contributed by atoms with Crippen molar-refractivity contribution in [2.45, 2.75) is 105 Å². The zero-order valence-electron chi connectivity index (χ0n) is 24.0. The van der Waals surface area contributed by atoms with Crippen molar-refractivity contribution < 1.29 is 13.6 Å². The first-order valence-electron chi connectivity index (χ1n) is 14.8. The molecule has 0 aliphatic rings. The third-order valence-electron chi connectivity index (χ3n) is 7.13. The lowest BCUT2D eigenvalue weighted by Crippen LogP contribution is -2.16. The van der Waals surface area contributed by atoms with Crippen LogP contribution in [0.3, 0.4) is 0 Å². The molecule has 0 atom stereocenters. The zero-order valence-corrected chi connectivity index (χ0v) is 24.9. The maximum Gasteiger partial charge on any atom is 0.462 e. The number of hydrogen-bond acceptors (Lipinski definition) is 3. The molecule has 3 aromatic carbocycles. The molecule has 0 aliphatic heterocycles. The Kier molecular flexibility index (Phi) is 12.5. The molecule has 3 rings (SSSR count). The van der Waals surface area contributed by atoms with E-state index in [1.165, 1.54) is 22.3 Å². The van der Waals surface area contributed by atoms with Gasteiger partial charge in [0.1, 0.15) is 11.5 Å². The lowest BCUT2D eigenvalue weighted by atomic mass is 9.97. The van der Waals surface area contributed by atoms with Gasteiger partial charge in [-0.05, 0) is 97.9 Å². The van der Waals surface area contributed by atoms with Crippen LogP contribution in [0.2, 0.25) is 0 Å². The molecule has 0 N–H and O–H groups in total. The SMILES string of the molecule is CCCCc1cccc(OP(=O)(Oc2cccc(CCCC)c2CCCC)c2ccccc2)c1CCCC. The minimum absolute atomic E-state index is 0.584. The molecule has 0 fully saturated rings. The molecule has 0 heterocycles. The van der Waals surface area contributed by atoms with Gasteiger partial charge in [-0.25, -0.2) is 4.57 Å². The fraction of sp³-hybridized carbons (Fsp3) is 0.471. The van der Waals surface area contributed by atoms with E-state index < -0.39 is 7.60 Å². The summed E-state index contributed by atoms with van der Waals surface area (Å²) in [5.74, 6) is 1.38. The van der Waals surface area contributed by atoms with E-state index in [0.29, 0.717) is 16.8 Å². The fourth-order valence-electron chi connectivity index (χ4n) is 4.86. The summed E-state index contributed by atoms with van der Waals surface area (Å²) in [7, 11) is -3.73. The predicted octanol–water partition coefficient (Wildman–Crippen LogP) is 10.0. The number of hydrogen-bond donors (Lipinski definition) is 0. The number of rotatable bonds is 17. The molecule has 0 aromatic heterocycles. The van der Waals surface area contributed by atoms with Gasteiger partial charge in [-0.15, -0.1) is 0 Å². The maximum atomic E-state index is 14.8.